The van der Waals surface area contributed by atoms with E-state index in [-0.39, 0.29) is 0 Å². The van der Waals surface area contributed by atoms with Gasteiger partial charge in [0.15, 0.2) is 0 Å². The summed E-state index contributed by atoms with van der Waals surface area (Å²) >= 11 is 0. The molecule has 0 radical (unpaired) electrons. The van der Waals surface area contributed by atoms with Gasteiger partial charge in [0.25, 0.3) is 0 Å². The van der Waals surface area contributed by atoms with Crippen LogP contribution >= 0.6 is 0 Å². The first-order valence-corrected chi connectivity index (χ1v) is 7.16. The molecule has 3 heterocycles. The highest BCUT2D eigenvalue weighted by Gasteiger charge is 2.48. The van der Waals surface area contributed by atoms with Gasteiger partial charge in [0.1, 0.15) is 39.3 Å². The summed E-state index contributed by atoms with van der Waals surface area (Å²) in [4.78, 5) is 0. The molecule has 0 spiro atoms. The quantitative estimate of drug-likeness (QED) is 0.643. The van der Waals surface area contributed by atoms with Crippen molar-refractivity contribution < 1.29 is 8.97 Å². The molecule has 2 heteroatoms. The molecule has 0 aliphatic carbocycles. The summed E-state index contributed by atoms with van der Waals surface area (Å²) in [6, 6.07) is 0. The Bertz CT molecular complexity index is 195. The van der Waals surface area contributed by atoms with Gasteiger partial charge in [-0.05, 0) is 0 Å². The first-order valence-electron chi connectivity index (χ1n) is 7.16. The van der Waals surface area contributed by atoms with Gasteiger partial charge in [0.2, 0.25) is 0 Å². The van der Waals surface area contributed by atoms with Crippen LogP contribution < -0.4 is 0 Å². The zero-order chi connectivity index (χ0) is 11.8. The molecule has 0 unspecified atom stereocenters. The summed E-state index contributed by atoms with van der Waals surface area (Å²) < 4.78 is 2.88. The molecule has 94 valence electrons. The first-order chi connectivity index (χ1) is 7.45. The Hall–Kier alpha value is -0.0800. The molecule has 3 aliphatic rings. The third kappa shape index (κ3) is 2.43. The average molecular weight is 226 g/mol. The van der Waals surface area contributed by atoms with Crippen LogP contribution in [0.3, 0.4) is 0 Å². The zero-order valence-electron chi connectivity index (χ0n) is 11.7. The Morgan fingerprint density at radius 1 is 0.625 bits per heavy atom. The molecule has 3 rings (SSSR count). The minimum absolute atomic E-state index is 0.864. The summed E-state index contributed by atoms with van der Waals surface area (Å²) in [6.45, 7) is 21.1. The van der Waals surface area contributed by atoms with E-state index in [9.17, 15) is 0 Å². The molecule has 0 saturated carbocycles. The highest BCUT2D eigenvalue weighted by molar-refractivity contribution is 4.64. The average Bonchev–Trinajstić information content (AvgIpc) is 2.18. The van der Waals surface area contributed by atoms with E-state index in [4.69, 9.17) is 0 Å². The zero-order valence-corrected chi connectivity index (χ0v) is 11.7. The maximum atomic E-state index is 2.38. The maximum Gasteiger partial charge on any atom is 0.129 e. The van der Waals surface area contributed by atoms with Crippen molar-refractivity contribution in [3.63, 3.8) is 0 Å². The van der Waals surface area contributed by atoms with Crippen LogP contribution in [0.2, 0.25) is 0 Å². The number of hydrogen-bond acceptors (Lipinski definition) is 0. The van der Waals surface area contributed by atoms with Gasteiger partial charge in [0.05, 0.1) is 13.1 Å². The van der Waals surface area contributed by atoms with E-state index in [1.54, 1.807) is 0 Å². The van der Waals surface area contributed by atoms with Gasteiger partial charge >= 0.3 is 0 Å². The van der Waals surface area contributed by atoms with E-state index >= 15 is 0 Å². The lowest BCUT2D eigenvalue weighted by Gasteiger charge is -2.56. The SMILES string of the molecule is CC(C)C[N+]12CC[N+](CC(C)C)(CC1)CC2. The molecule has 3 aliphatic heterocycles. The third-order valence-electron chi connectivity index (χ3n) is 4.65. The minimum Gasteiger partial charge on any atom is -0.309 e. The second kappa shape index (κ2) is 4.30. The second-order valence-corrected chi connectivity index (χ2v) is 7.18. The fraction of sp³-hybridized carbons (Fsp3) is 1.00. The van der Waals surface area contributed by atoms with Crippen molar-refractivity contribution in [1.82, 2.24) is 0 Å². The molecule has 2 bridgehead atoms. The Morgan fingerprint density at radius 3 is 1.06 bits per heavy atom. The van der Waals surface area contributed by atoms with Gasteiger partial charge < -0.3 is 8.97 Å². The normalized spacial score (nSPS) is 38.6. The fourth-order valence-electron chi connectivity index (χ4n) is 4.04. The summed E-state index contributed by atoms with van der Waals surface area (Å²) in [5.74, 6) is 1.73. The van der Waals surface area contributed by atoms with Crippen LogP contribution in [-0.2, 0) is 0 Å². The van der Waals surface area contributed by atoms with Crippen LogP contribution in [0.25, 0.3) is 0 Å². The van der Waals surface area contributed by atoms with Crippen LogP contribution in [-0.4, -0.2) is 61.3 Å². The van der Waals surface area contributed by atoms with Gasteiger partial charge in [-0.2, -0.15) is 0 Å². The smallest absolute Gasteiger partial charge is 0.129 e. The Balaban J connectivity index is 1.97. The lowest BCUT2D eigenvalue weighted by molar-refractivity contribution is -1.08. The van der Waals surface area contributed by atoms with Gasteiger partial charge in [-0.3, -0.25) is 0 Å². The predicted octanol–water partition coefficient (Wildman–Crippen LogP) is 1.96. The summed E-state index contributed by atoms with van der Waals surface area (Å²) in [5.41, 5.74) is 0. The first kappa shape index (κ1) is 12.4. The number of rotatable bonds is 4. The van der Waals surface area contributed by atoms with E-state index in [0.717, 1.165) is 11.8 Å². The van der Waals surface area contributed by atoms with E-state index in [0.29, 0.717) is 0 Å². The Morgan fingerprint density at radius 2 is 0.875 bits per heavy atom. The van der Waals surface area contributed by atoms with Crippen molar-refractivity contribution >= 4 is 0 Å². The van der Waals surface area contributed by atoms with Gasteiger partial charge in [0, 0.05) is 11.8 Å². The van der Waals surface area contributed by atoms with Crippen LogP contribution in [0.15, 0.2) is 0 Å². The van der Waals surface area contributed by atoms with Crippen molar-refractivity contribution in [3.05, 3.63) is 0 Å². The standard InChI is InChI=1S/C14H30N2/c1-13(2)11-15-5-8-16(9-6-15,10-7-15)12-14(3)4/h13-14H,5-12H2,1-4H3/q+2. The fourth-order valence-corrected chi connectivity index (χ4v) is 4.04. The topological polar surface area (TPSA) is 0 Å². The molecule has 3 saturated heterocycles. The number of nitrogens with zero attached hydrogens (tertiary/aromatic N) is 2. The van der Waals surface area contributed by atoms with E-state index < -0.39 is 0 Å². The molecule has 0 aromatic rings. The largest absolute Gasteiger partial charge is 0.309 e. The second-order valence-electron chi connectivity index (χ2n) is 7.18. The van der Waals surface area contributed by atoms with Crippen LogP contribution in [0, 0.1) is 11.8 Å². The van der Waals surface area contributed by atoms with Crippen molar-refractivity contribution in [1.29, 1.82) is 0 Å². The third-order valence-corrected chi connectivity index (χ3v) is 4.65. The number of quaternary nitrogens is 2. The number of hydrogen-bond donors (Lipinski definition) is 0. The molecule has 0 atom stereocenters. The summed E-state index contributed by atoms with van der Waals surface area (Å²) in [7, 11) is 0. The molecular formula is C14H30N2+2. The van der Waals surface area contributed by atoms with Crippen molar-refractivity contribution in [2.75, 3.05) is 52.4 Å². The van der Waals surface area contributed by atoms with Crippen molar-refractivity contribution in [3.8, 4) is 0 Å². The maximum absolute atomic E-state index is 2.38. The van der Waals surface area contributed by atoms with Gasteiger partial charge in [-0.1, -0.05) is 27.7 Å². The lowest BCUT2D eigenvalue weighted by atomic mass is 10.0. The number of fused-ring (bicyclic) bond motifs is 3. The number of piperazine rings is 3. The van der Waals surface area contributed by atoms with Crippen molar-refractivity contribution in [2.45, 2.75) is 27.7 Å². The minimum atomic E-state index is 0.864. The van der Waals surface area contributed by atoms with Crippen LogP contribution in [0.4, 0.5) is 0 Å². The molecular weight excluding hydrogens is 196 g/mol. The molecule has 0 aromatic carbocycles. The molecule has 2 nitrogen and oxygen atoms in total. The molecule has 3 fully saturated rings. The van der Waals surface area contributed by atoms with E-state index in [1.165, 1.54) is 61.3 Å². The summed E-state index contributed by atoms with van der Waals surface area (Å²) in [6.07, 6.45) is 0. The van der Waals surface area contributed by atoms with E-state index in [1.807, 2.05) is 0 Å². The molecule has 0 aromatic heterocycles. The van der Waals surface area contributed by atoms with Gasteiger partial charge in [-0.15, -0.1) is 0 Å². The van der Waals surface area contributed by atoms with Crippen LogP contribution in [0.1, 0.15) is 27.7 Å². The van der Waals surface area contributed by atoms with Gasteiger partial charge in [-0.25, -0.2) is 0 Å². The monoisotopic (exact) mass is 226 g/mol. The Kier molecular flexibility index (Phi) is 3.33. The molecule has 16 heavy (non-hydrogen) atoms. The molecule has 0 N–H and O–H groups in total. The van der Waals surface area contributed by atoms with Crippen molar-refractivity contribution in [2.24, 2.45) is 11.8 Å². The Labute approximate surface area is 101 Å². The molecule has 0 amide bonds. The highest BCUT2D eigenvalue weighted by Crippen LogP contribution is 2.28. The van der Waals surface area contributed by atoms with E-state index in [2.05, 4.69) is 27.7 Å². The summed E-state index contributed by atoms with van der Waals surface area (Å²) in [5, 5.41) is 0. The predicted molar refractivity (Wildman–Crippen MR) is 69.1 cm³/mol. The highest BCUT2D eigenvalue weighted by atomic mass is 15.5. The van der Waals surface area contributed by atoms with Crippen LogP contribution in [0.5, 0.6) is 0 Å². The lowest BCUT2D eigenvalue weighted by Crippen LogP contribution is -2.75.